The van der Waals surface area contributed by atoms with E-state index in [9.17, 15) is 0 Å². The Bertz CT molecular complexity index is 605. The Balaban J connectivity index is 2.02. The number of hydrogen-bond donors (Lipinski definition) is 1. The third kappa shape index (κ3) is 2.12. The Kier molecular flexibility index (Phi) is 2.81. The van der Waals surface area contributed by atoms with Crippen LogP contribution in [-0.2, 0) is 6.42 Å². The molecule has 5 nitrogen and oxygen atoms in total. The molecule has 0 amide bonds. The van der Waals surface area contributed by atoms with Gasteiger partial charge in [-0.25, -0.2) is 0 Å². The van der Waals surface area contributed by atoms with Crippen LogP contribution in [0.3, 0.4) is 0 Å². The minimum Gasteiger partial charge on any atom is -0.454 e. The number of ether oxygens (including phenoxy) is 2. The molecule has 0 aliphatic carbocycles. The zero-order valence-electron chi connectivity index (χ0n) is 11.0. The van der Waals surface area contributed by atoms with Gasteiger partial charge in [-0.1, -0.05) is 19.0 Å². The normalized spacial score (nSPS) is 13.2. The van der Waals surface area contributed by atoms with Crippen LogP contribution in [0.25, 0.3) is 11.3 Å². The second kappa shape index (κ2) is 4.50. The first-order chi connectivity index (χ1) is 9.15. The smallest absolute Gasteiger partial charge is 0.231 e. The minimum atomic E-state index is 0.262. The Labute approximate surface area is 111 Å². The van der Waals surface area contributed by atoms with Crippen LogP contribution >= 0.6 is 0 Å². The number of rotatable bonds is 3. The van der Waals surface area contributed by atoms with Crippen LogP contribution in [0.15, 0.2) is 22.7 Å². The lowest BCUT2D eigenvalue weighted by Crippen LogP contribution is -1.98. The number of hydrogen-bond acceptors (Lipinski definition) is 5. The Morgan fingerprint density at radius 3 is 2.84 bits per heavy atom. The summed E-state index contributed by atoms with van der Waals surface area (Å²) in [4.78, 5) is 0. The fourth-order valence-electron chi connectivity index (χ4n) is 2.20. The monoisotopic (exact) mass is 260 g/mol. The molecule has 3 rings (SSSR count). The molecule has 5 heteroatoms. The van der Waals surface area contributed by atoms with Crippen LogP contribution < -0.4 is 15.2 Å². The maximum absolute atomic E-state index is 5.85. The summed E-state index contributed by atoms with van der Waals surface area (Å²) < 4.78 is 15.8. The van der Waals surface area contributed by atoms with E-state index in [1.807, 2.05) is 18.2 Å². The van der Waals surface area contributed by atoms with Crippen molar-refractivity contribution in [1.82, 2.24) is 5.16 Å². The molecule has 1 aliphatic heterocycles. The van der Waals surface area contributed by atoms with E-state index in [4.69, 9.17) is 19.7 Å². The molecular weight excluding hydrogens is 244 g/mol. The van der Waals surface area contributed by atoms with Gasteiger partial charge in [-0.3, -0.25) is 0 Å². The van der Waals surface area contributed by atoms with Crippen LogP contribution in [0.4, 0.5) is 5.88 Å². The van der Waals surface area contributed by atoms with E-state index in [0.29, 0.717) is 11.8 Å². The average Bonchev–Trinajstić information content (AvgIpc) is 2.96. The van der Waals surface area contributed by atoms with Gasteiger partial charge in [0, 0.05) is 11.1 Å². The molecule has 2 N–H and O–H groups in total. The predicted molar refractivity (Wildman–Crippen MR) is 71.0 cm³/mol. The van der Waals surface area contributed by atoms with Crippen LogP contribution in [0, 0.1) is 5.92 Å². The third-order valence-electron chi connectivity index (χ3n) is 3.08. The summed E-state index contributed by atoms with van der Waals surface area (Å²) in [6.07, 6.45) is 0.832. The molecular formula is C14H16N2O3. The molecule has 0 saturated carbocycles. The van der Waals surface area contributed by atoms with Gasteiger partial charge in [-0.2, -0.15) is 0 Å². The number of benzene rings is 1. The second-order valence-electron chi connectivity index (χ2n) is 5.04. The highest BCUT2D eigenvalue weighted by Crippen LogP contribution is 2.37. The number of aromatic nitrogens is 1. The van der Waals surface area contributed by atoms with Crippen molar-refractivity contribution < 1.29 is 14.0 Å². The summed E-state index contributed by atoms with van der Waals surface area (Å²) in [7, 11) is 0. The van der Waals surface area contributed by atoms with Crippen molar-refractivity contribution >= 4 is 5.88 Å². The molecule has 0 radical (unpaired) electrons. The molecule has 0 bridgehead atoms. The Morgan fingerprint density at radius 1 is 1.26 bits per heavy atom. The van der Waals surface area contributed by atoms with Crippen LogP contribution in [-0.4, -0.2) is 11.9 Å². The Morgan fingerprint density at radius 2 is 2.05 bits per heavy atom. The number of nitrogens with zero attached hydrogens (tertiary/aromatic N) is 1. The molecule has 19 heavy (non-hydrogen) atoms. The van der Waals surface area contributed by atoms with Crippen LogP contribution in [0.1, 0.15) is 19.4 Å². The van der Waals surface area contributed by atoms with Gasteiger partial charge in [0.15, 0.2) is 11.5 Å². The van der Waals surface area contributed by atoms with Crippen molar-refractivity contribution in [2.24, 2.45) is 5.92 Å². The topological polar surface area (TPSA) is 70.5 Å². The highest BCUT2D eigenvalue weighted by Gasteiger charge is 2.20. The molecule has 0 unspecified atom stereocenters. The SMILES string of the molecule is CC(C)Cc1c(-c2ccc3c(c2)OCO3)noc1N. The van der Waals surface area contributed by atoms with E-state index in [0.717, 1.165) is 34.7 Å². The van der Waals surface area contributed by atoms with E-state index in [1.54, 1.807) is 0 Å². The fourth-order valence-corrected chi connectivity index (χ4v) is 2.20. The van der Waals surface area contributed by atoms with Crippen molar-refractivity contribution in [2.45, 2.75) is 20.3 Å². The van der Waals surface area contributed by atoms with Gasteiger partial charge in [-0.05, 0) is 30.5 Å². The van der Waals surface area contributed by atoms with Gasteiger partial charge in [0.25, 0.3) is 0 Å². The maximum atomic E-state index is 5.85. The predicted octanol–water partition coefficient (Wildman–Crippen LogP) is 2.85. The van der Waals surface area contributed by atoms with Gasteiger partial charge in [0.2, 0.25) is 12.7 Å². The molecule has 2 aromatic rings. The van der Waals surface area contributed by atoms with Crippen molar-refractivity contribution in [3.8, 4) is 22.8 Å². The fraction of sp³-hybridized carbons (Fsp3) is 0.357. The zero-order chi connectivity index (χ0) is 13.4. The number of nitrogen functional groups attached to an aromatic ring is 1. The van der Waals surface area contributed by atoms with E-state index in [2.05, 4.69) is 19.0 Å². The molecule has 0 fully saturated rings. The largest absolute Gasteiger partial charge is 0.454 e. The Hall–Kier alpha value is -2.17. The maximum Gasteiger partial charge on any atom is 0.231 e. The summed E-state index contributed by atoms with van der Waals surface area (Å²) in [5.41, 5.74) is 8.52. The lowest BCUT2D eigenvalue weighted by atomic mass is 9.99. The van der Waals surface area contributed by atoms with E-state index < -0.39 is 0 Å². The summed E-state index contributed by atoms with van der Waals surface area (Å²) in [6, 6.07) is 5.72. The zero-order valence-corrected chi connectivity index (χ0v) is 11.0. The standard InChI is InChI=1S/C14H16N2O3/c1-8(2)5-10-13(16-19-14(10)15)9-3-4-11-12(6-9)18-7-17-11/h3-4,6,8H,5,7,15H2,1-2H3. The van der Waals surface area contributed by atoms with Gasteiger partial charge < -0.3 is 19.7 Å². The summed E-state index contributed by atoms with van der Waals surface area (Å²) in [5.74, 6) is 2.36. The molecule has 1 aliphatic rings. The molecule has 0 saturated heterocycles. The third-order valence-corrected chi connectivity index (χ3v) is 3.08. The first-order valence-corrected chi connectivity index (χ1v) is 6.29. The van der Waals surface area contributed by atoms with Crippen molar-refractivity contribution in [2.75, 3.05) is 12.5 Å². The van der Waals surface area contributed by atoms with Gasteiger partial charge in [-0.15, -0.1) is 0 Å². The van der Waals surface area contributed by atoms with E-state index >= 15 is 0 Å². The molecule has 1 aromatic heterocycles. The van der Waals surface area contributed by atoms with E-state index in [-0.39, 0.29) is 6.79 Å². The molecule has 100 valence electrons. The molecule has 0 spiro atoms. The van der Waals surface area contributed by atoms with Gasteiger partial charge >= 0.3 is 0 Å². The quantitative estimate of drug-likeness (QED) is 0.918. The lowest BCUT2D eigenvalue weighted by molar-refractivity contribution is 0.174. The molecule has 0 atom stereocenters. The lowest BCUT2D eigenvalue weighted by Gasteiger charge is -2.06. The highest BCUT2D eigenvalue weighted by atomic mass is 16.7. The summed E-state index contributed by atoms with van der Waals surface area (Å²) in [5, 5.41) is 4.07. The number of anilines is 1. The first kappa shape index (κ1) is 11.9. The van der Waals surface area contributed by atoms with Crippen LogP contribution in [0.2, 0.25) is 0 Å². The van der Waals surface area contributed by atoms with Gasteiger partial charge in [0.05, 0.1) is 0 Å². The van der Waals surface area contributed by atoms with E-state index in [1.165, 1.54) is 0 Å². The van der Waals surface area contributed by atoms with Crippen molar-refractivity contribution in [3.05, 3.63) is 23.8 Å². The minimum absolute atomic E-state index is 0.262. The second-order valence-corrected chi connectivity index (χ2v) is 5.04. The summed E-state index contributed by atoms with van der Waals surface area (Å²) >= 11 is 0. The molecule has 1 aromatic carbocycles. The molecule has 2 heterocycles. The van der Waals surface area contributed by atoms with Crippen molar-refractivity contribution in [1.29, 1.82) is 0 Å². The highest BCUT2D eigenvalue weighted by molar-refractivity contribution is 5.70. The van der Waals surface area contributed by atoms with Crippen molar-refractivity contribution in [3.63, 3.8) is 0 Å². The first-order valence-electron chi connectivity index (χ1n) is 6.29. The number of fused-ring (bicyclic) bond motifs is 1. The summed E-state index contributed by atoms with van der Waals surface area (Å²) in [6.45, 7) is 4.53. The van der Waals surface area contributed by atoms with Crippen LogP contribution in [0.5, 0.6) is 11.5 Å². The average molecular weight is 260 g/mol. The number of nitrogens with two attached hydrogens (primary N) is 1. The van der Waals surface area contributed by atoms with Gasteiger partial charge in [0.1, 0.15) is 5.69 Å².